The highest BCUT2D eigenvalue weighted by Gasteiger charge is 2.11. The summed E-state index contributed by atoms with van der Waals surface area (Å²) >= 11 is 0. The number of ether oxygens (including phenoxy) is 3. The van der Waals surface area contributed by atoms with Gasteiger partial charge in [-0.05, 0) is 31.4 Å². The molecule has 1 rings (SSSR count). The number of benzene rings is 1. The Labute approximate surface area is 110 Å². The fraction of sp³-hybridized carbons (Fsp3) is 0.600. The van der Waals surface area contributed by atoms with E-state index in [1.807, 2.05) is 32.0 Å². The molecule has 0 aliphatic heterocycles. The minimum Gasteiger partial charge on any atom is -0.488 e. The maximum Gasteiger partial charge on any atom is 0.191 e. The van der Waals surface area contributed by atoms with Crippen LogP contribution in [0.15, 0.2) is 24.3 Å². The van der Waals surface area contributed by atoms with Gasteiger partial charge >= 0.3 is 0 Å². The van der Waals surface area contributed by atoms with Crippen molar-refractivity contribution in [3.05, 3.63) is 29.8 Å². The normalized spacial score (nSPS) is 11.2. The Hall–Kier alpha value is -1.06. The molecular formula is C15H24O3. The van der Waals surface area contributed by atoms with E-state index in [9.17, 15) is 0 Å². The highest BCUT2D eigenvalue weighted by atomic mass is 16.7. The van der Waals surface area contributed by atoms with Crippen LogP contribution in [0.3, 0.4) is 0 Å². The molecule has 0 amide bonds. The number of para-hydroxylation sites is 1. The average Bonchev–Trinajstić information content (AvgIpc) is 2.36. The summed E-state index contributed by atoms with van der Waals surface area (Å²) < 4.78 is 16.7. The smallest absolute Gasteiger partial charge is 0.191 e. The van der Waals surface area contributed by atoms with E-state index in [1.165, 1.54) is 5.56 Å². The van der Waals surface area contributed by atoms with E-state index in [1.54, 1.807) is 0 Å². The molecule has 0 atom stereocenters. The molecule has 0 aliphatic rings. The standard InChI is InChI=1S/C15H24O3/c1-5-16-15(17-6-2)11-18-14-10-8-7-9-13(14)12(3)4/h7-10,12,15H,5-6,11H2,1-4H3. The zero-order chi connectivity index (χ0) is 13.4. The first-order chi connectivity index (χ1) is 8.69. The third-order valence-corrected chi connectivity index (χ3v) is 2.62. The summed E-state index contributed by atoms with van der Waals surface area (Å²) in [6, 6.07) is 8.10. The summed E-state index contributed by atoms with van der Waals surface area (Å²) in [5.74, 6) is 1.36. The largest absolute Gasteiger partial charge is 0.488 e. The van der Waals surface area contributed by atoms with Crippen LogP contribution in [0.1, 0.15) is 39.2 Å². The molecule has 0 unspecified atom stereocenters. The molecule has 3 heteroatoms. The predicted molar refractivity (Wildman–Crippen MR) is 73.1 cm³/mol. The van der Waals surface area contributed by atoms with Crippen LogP contribution in [0, 0.1) is 0 Å². The van der Waals surface area contributed by atoms with Crippen molar-refractivity contribution >= 4 is 0 Å². The molecule has 3 nitrogen and oxygen atoms in total. The molecule has 0 aromatic heterocycles. The van der Waals surface area contributed by atoms with Gasteiger partial charge in [-0.15, -0.1) is 0 Å². The third kappa shape index (κ3) is 4.67. The Morgan fingerprint density at radius 3 is 2.17 bits per heavy atom. The van der Waals surface area contributed by atoms with E-state index in [2.05, 4.69) is 19.9 Å². The predicted octanol–water partition coefficient (Wildman–Crippen LogP) is 3.59. The van der Waals surface area contributed by atoms with Gasteiger partial charge in [-0.25, -0.2) is 0 Å². The molecule has 0 spiro atoms. The topological polar surface area (TPSA) is 27.7 Å². The Balaban J connectivity index is 2.61. The van der Waals surface area contributed by atoms with Crippen LogP contribution in [0.2, 0.25) is 0 Å². The van der Waals surface area contributed by atoms with Gasteiger partial charge in [0.05, 0.1) is 0 Å². The minimum absolute atomic E-state index is 0.291. The molecule has 0 fully saturated rings. The molecule has 1 aromatic carbocycles. The molecular weight excluding hydrogens is 228 g/mol. The van der Waals surface area contributed by atoms with Crippen molar-refractivity contribution in [2.75, 3.05) is 19.8 Å². The summed E-state index contributed by atoms with van der Waals surface area (Å²) in [5.41, 5.74) is 1.21. The van der Waals surface area contributed by atoms with Gasteiger partial charge < -0.3 is 14.2 Å². The summed E-state index contributed by atoms with van der Waals surface area (Å²) in [7, 11) is 0. The fourth-order valence-corrected chi connectivity index (χ4v) is 1.76. The molecule has 0 heterocycles. The maximum atomic E-state index is 5.82. The Kier molecular flexibility index (Phi) is 6.76. The number of hydrogen-bond donors (Lipinski definition) is 0. The highest BCUT2D eigenvalue weighted by Crippen LogP contribution is 2.26. The van der Waals surface area contributed by atoms with Gasteiger partial charge in [0.15, 0.2) is 6.29 Å². The molecule has 0 aliphatic carbocycles. The van der Waals surface area contributed by atoms with Gasteiger partial charge in [-0.3, -0.25) is 0 Å². The second-order valence-electron chi connectivity index (χ2n) is 4.34. The van der Waals surface area contributed by atoms with Gasteiger partial charge in [-0.1, -0.05) is 32.0 Å². The lowest BCUT2D eigenvalue weighted by Gasteiger charge is -2.19. The van der Waals surface area contributed by atoms with Crippen molar-refractivity contribution in [3.63, 3.8) is 0 Å². The van der Waals surface area contributed by atoms with E-state index in [4.69, 9.17) is 14.2 Å². The van der Waals surface area contributed by atoms with Crippen molar-refractivity contribution in [1.82, 2.24) is 0 Å². The zero-order valence-corrected chi connectivity index (χ0v) is 11.8. The van der Waals surface area contributed by atoms with Gasteiger partial charge in [0.1, 0.15) is 12.4 Å². The summed E-state index contributed by atoms with van der Waals surface area (Å²) in [4.78, 5) is 0. The Morgan fingerprint density at radius 1 is 1.00 bits per heavy atom. The van der Waals surface area contributed by atoms with E-state index >= 15 is 0 Å². The number of hydrogen-bond acceptors (Lipinski definition) is 3. The van der Waals surface area contributed by atoms with Crippen LogP contribution in [0.4, 0.5) is 0 Å². The molecule has 0 saturated carbocycles. The van der Waals surface area contributed by atoms with Crippen LogP contribution < -0.4 is 4.74 Å². The van der Waals surface area contributed by atoms with Gasteiger partial charge in [0.25, 0.3) is 0 Å². The summed E-state index contributed by atoms with van der Waals surface area (Å²) in [6.45, 7) is 9.89. The maximum absolute atomic E-state index is 5.82. The second-order valence-corrected chi connectivity index (χ2v) is 4.34. The van der Waals surface area contributed by atoms with Crippen molar-refractivity contribution in [1.29, 1.82) is 0 Å². The minimum atomic E-state index is -0.291. The van der Waals surface area contributed by atoms with Crippen LogP contribution in [-0.2, 0) is 9.47 Å². The van der Waals surface area contributed by atoms with Crippen LogP contribution in [0.5, 0.6) is 5.75 Å². The zero-order valence-electron chi connectivity index (χ0n) is 11.8. The van der Waals surface area contributed by atoms with Crippen LogP contribution in [0.25, 0.3) is 0 Å². The number of rotatable bonds is 8. The van der Waals surface area contributed by atoms with Crippen molar-refractivity contribution in [3.8, 4) is 5.75 Å². The van der Waals surface area contributed by atoms with Crippen LogP contribution in [-0.4, -0.2) is 26.1 Å². The Morgan fingerprint density at radius 2 is 1.61 bits per heavy atom. The molecule has 1 aromatic rings. The van der Waals surface area contributed by atoms with Crippen LogP contribution >= 0.6 is 0 Å². The van der Waals surface area contributed by atoms with Gasteiger partial charge in [-0.2, -0.15) is 0 Å². The van der Waals surface area contributed by atoms with E-state index in [0.29, 0.717) is 25.7 Å². The monoisotopic (exact) mass is 252 g/mol. The lowest BCUT2D eigenvalue weighted by molar-refractivity contribution is -0.152. The van der Waals surface area contributed by atoms with Gasteiger partial charge in [0.2, 0.25) is 0 Å². The summed E-state index contributed by atoms with van der Waals surface area (Å²) in [5, 5.41) is 0. The SMILES string of the molecule is CCOC(COc1ccccc1C(C)C)OCC. The van der Waals surface area contributed by atoms with E-state index in [-0.39, 0.29) is 6.29 Å². The second kappa shape index (κ2) is 8.11. The van der Waals surface area contributed by atoms with Crippen molar-refractivity contribution < 1.29 is 14.2 Å². The van der Waals surface area contributed by atoms with Crippen molar-refractivity contribution in [2.45, 2.75) is 39.9 Å². The van der Waals surface area contributed by atoms with Crippen molar-refractivity contribution in [2.24, 2.45) is 0 Å². The molecule has 18 heavy (non-hydrogen) atoms. The van der Waals surface area contributed by atoms with E-state index < -0.39 is 0 Å². The first kappa shape index (κ1) is 15.0. The van der Waals surface area contributed by atoms with E-state index in [0.717, 1.165) is 5.75 Å². The molecule has 0 saturated heterocycles. The lowest BCUT2D eigenvalue weighted by atomic mass is 10.0. The lowest BCUT2D eigenvalue weighted by Crippen LogP contribution is -2.25. The first-order valence-electron chi connectivity index (χ1n) is 6.63. The molecule has 0 radical (unpaired) electrons. The molecule has 0 N–H and O–H groups in total. The molecule has 102 valence electrons. The first-order valence-corrected chi connectivity index (χ1v) is 6.63. The molecule has 0 bridgehead atoms. The Bertz CT molecular complexity index is 330. The summed E-state index contributed by atoms with van der Waals surface area (Å²) in [6.07, 6.45) is -0.291. The van der Waals surface area contributed by atoms with Gasteiger partial charge in [0, 0.05) is 13.2 Å². The third-order valence-electron chi connectivity index (χ3n) is 2.62. The highest BCUT2D eigenvalue weighted by molar-refractivity contribution is 5.35. The fourth-order valence-electron chi connectivity index (χ4n) is 1.76. The quantitative estimate of drug-likeness (QED) is 0.662. The average molecular weight is 252 g/mol.